The third kappa shape index (κ3) is 5.69. The molecule has 1 aliphatic rings. The molecule has 0 N–H and O–H groups in total. The van der Waals surface area contributed by atoms with Crippen LogP contribution in [0, 0.1) is 6.92 Å². The van der Waals surface area contributed by atoms with Gasteiger partial charge >= 0.3 is 0 Å². The number of halogens is 1. The summed E-state index contributed by atoms with van der Waals surface area (Å²) in [6.45, 7) is 13.7. The summed E-state index contributed by atoms with van der Waals surface area (Å²) in [4.78, 5) is 5.34. The number of benzene rings is 3. The molecule has 0 unspecified atom stereocenters. The zero-order valence-electron chi connectivity index (χ0n) is 23.4. The Kier molecular flexibility index (Phi) is 7.46. The molecule has 200 valence electrons. The van der Waals surface area contributed by atoms with Gasteiger partial charge in [0.1, 0.15) is 11.9 Å². The van der Waals surface area contributed by atoms with E-state index in [0.717, 1.165) is 45.3 Å². The van der Waals surface area contributed by atoms with E-state index >= 15 is 0 Å². The predicted octanol–water partition coefficient (Wildman–Crippen LogP) is 8.31. The summed E-state index contributed by atoms with van der Waals surface area (Å²) in [7, 11) is -2.01. The summed E-state index contributed by atoms with van der Waals surface area (Å²) in [5.74, 6) is 1.62. The van der Waals surface area contributed by atoms with Gasteiger partial charge in [0.05, 0.1) is 18.0 Å². The molecule has 0 saturated carbocycles. The molecule has 1 atom stereocenters. The van der Waals surface area contributed by atoms with Crippen molar-refractivity contribution in [1.82, 2.24) is 14.8 Å². The number of aliphatic imine (C=N–C) groups is 1. The molecule has 0 fully saturated rings. The van der Waals surface area contributed by atoms with Gasteiger partial charge < -0.3 is 4.43 Å². The van der Waals surface area contributed by atoms with Crippen molar-refractivity contribution in [2.75, 3.05) is 6.61 Å². The lowest BCUT2D eigenvalue weighted by molar-refractivity contribution is 0.261. The summed E-state index contributed by atoms with van der Waals surface area (Å²) < 4.78 is 8.82. The van der Waals surface area contributed by atoms with Gasteiger partial charge in [-0.05, 0) is 60.4 Å². The second-order valence-electron chi connectivity index (χ2n) is 11.5. The smallest absolute Gasteiger partial charge is 0.192 e. The number of hydrogen-bond donors (Lipinski definition) is 0. The number of aromatic nitrogens is 3. The molecule has 0 amide bonds. The fourth-order valence-corrected chi connectivity index (χ4v) is 5.56. The second kappa shape index (κ2) is 10.7. The normalized spacial score (nSPS) is 15.6. The van der Waals surface area contributed by atoms with E-state index in [2.05, 4.69) is 91.1 Å². The number of aryl methyl sites for hydroxylation is 1. The molecular formula is C32H35ClN4OSi. The molecule has 0 bridgehead atoms. The molecule has 0 spiro atoms. The number of nitrogens with zero attached hydrogens (tertiary/aromatic N) is 4. The van der Waals surface area contributed by atoms with Gasteiger partial charge in [0.25, 0.3) is 0 Å². The quantitative estimate of drug-likeness (QED) is 0.178. The Morgan fingerprint density at radius 1 is 0.923 bits per heavy atom. The van der Waals surface area contributed by atoms with Crippen LogP contribution in [0.15, 0.2) is 77.8 Å². The SMILES string of the molecule is Cc1nnc2n1-c1ccc(C=Cc3ccccc3)cc1C(c1ccc(Cl)cc1)=N[C@H]2CO[Si](C)(C)C(C)(C)C. The van der Waals surface area contributed by atoms with Crippen LogP contribution in [0.2, 0.25) is 23.2 Å². The van der Waals surface area contributed by atoms with Crippen molar-refractivity contribution in [3.05, 3.63) is 112 Å². The Labute approximate surface area is 237 Å². The fourth-order valence-electron chi connectivity index (χ4n) is 4.43. The minimum Gasteiger partial charge on any atom is -0.414 e. The van der Waals surface area contributed by atoms with Crippen molar-refractivity contribution in [2.24, 2.45) is 4.99 Å². The Morgan fingerprint density at radius 3 is 2.31 bits per heavy atom. The summed E-state index contributed by atoms with van der Waals surface area (Å²) in [5.41, 5.74) is 6.16. The van der Waals surface area contributed by atoms with Crippen LogP contribution in [-0.2, 0) is 4.43 Å². The van der Waals surface area contributed by atoms with Crippen LogP contribution in [0.4, 0.5) is 0 Å². The third-order valence-electron chi connectivity index (χ3n) is 7.74. The van der Waals surface area contributed by atoms with E-state index < -0.39 is 8.32 Å². The van der Waals surface area contributed by atoms with Gasteiger partial charge in [-0.1, -0.05) is 93.1 Å². The largest absolute Gasteiger partial charge is 0.414 e. The summed E-state index contributed by atoms with van der Waals surface area (Å²) >= 11 is 6.27. The topological polar surface area (TPSA) is 52.3 Å². The van der Waals surface area contributed by atoms with Crippen molar-refractivity contribution in [3.8, 4) is 5.69 Å². The highest BCUT2D eigenvalue weighted by molar-refractivity contribution is 6.74. The Bertz CT molecular complexity index is 1530. The van der Waals surface area contributed by atoms with E-state index in [4.69, 9.17) is 21.0 Å². The van der Waals surface area contributed by atoms with Crippen molar-refractivity contribution < 1.29 is 4.43 Å². The highest BCUT2D eigenvalue weighted by Crippen LogP contribution is 2.38. The zero-order chi connectivity index (χ0) is 27.8. The predicted molar refractivity (Wildman–Crippen MR) is 164 cm³/mol. The third-order valence-corrected chi connectivity index (χ3v) is 12.5. The summed E-state index contributed by atoms with van der Waals surface area (Å²) in [6.07, 6.45) is 4.26. The Balaban J connectivity index is 1.65. The van der Waals surface area contributed by atoms with E-state index in [-0.39, 0.29) is 11.1 Å². The van der Waals surface area contributed by atoms with Gasteiger partial charge in [0.15, 0.2) is 14.1 Å². The molecule has 1 aliphatic heterocycles. The van der Waals surface area contributed by atoms with Crippen LogP contribution in [0.1, 0.15) is 60.7 Å². The van der Waals surface area contributed by atoms with E-state index in [1.807, 2.05) is 49.4 Å². The van der Waals surface area contributed by atoms with Gasteiger partial charge in [-0.2, -0.15) is 0 Å². The van der Waals surface area contributed by atoms with Crippen LogP contribution in [0.25, 0.3) is 17.8 Å². The molecule has 7 heteroatoms. The Morgan fingerprint density at radius 2 is 1.62 bits per heavy atom. The van der Waals surface area contributed by atoms with Crippen molar-refractivity contribution in [3.63, 3.8) is 0 Å². The van der Waals surface area contributed by atoms with Gasteiger partial charge in [-0.15, -0.1) is 10.2 Å². The maximum atomic E-state index is 6.69. The maximum absolute atomic E-state index is 6.69. The monoisotopic (exact) mass is 554 g/mol. The van der Waals surface area contributed by atoms with Crippen LogP contribution in [-0.4, -0.2) is 35.4 Å². The molecule has 0 radical (unpaired) electrons. The average Bonchev–Trinajstić information content (AvgIpc) is 3.22. The van der Waals surface area contributed by atoms with E-state index in [1.165, 1.54) is 0 Å². The first-order valence-electron chi connectivity index (χ1n) is 13.3. The van der Waals surface area contributed by atoms with Crippen LogP contribution in [0.3, 0.4) is 0 Å². The Hall–Kier alpha value is -3.32. The van der Waals surface area contributed by atoms with Gasteiger partial charge in [0.2, 0.25) is 0 Å². The zero-order valence-corrected chi connectivity index (χ0v) is 25.2. The molecule has 0 aliphatic carbocycles. The minimum atomic E-state index is -2.01. The van der Waals surface area contributed by atoms with Crippen molar-refractivity contribution in [2.45, 2.75) is 51.9 Å². The first kappa shape index (κ1) is 27.3. The summed E-state index contributed by atoms with van der Waals surface area (Å²) in [6, 6.07) is 24.4. The first-order valence-corrected chi connectivity index (χ1v) is 16.6. The summed E-state index contributed by atoms with van der Waals surface area (Å²) in [5, 5.41) is 9.85. The molecule has 1 aromatic heterocycles. The number of rotatable bonds is 6. The molecule has 4 aromatic rings. The highest BCUT2D eigenvalue weighted by atomic mass is 35.5. The maximum Gasteiger partial charge on any atom is 0.192 e. The van der Waals surface area contributed by atoms with Gasteiger partial charge in [0, 0.05) is 16.1 Å². The minimum absolute atomic E-state index is 0.0903. The highest BCUT2D eigenvalue weighted by Gasteiger charge is 2.39. The average molecular weight is 555 g/mol. The lowest BCUT2D eigenvalue weighted by atomic mass is 9.98. The molecule has 39 heavy (non-hydrogen) atoms. The van der Waals surface area contributed by atoms with Crippen molar-refractivity contribution >= 4 is 37.8 Å². The number of fused-ring (bicyclic) bond motifs is 3. The van der Waals surface area contributed by atoms with E-state index in [0.29, 0.717) is 11.6 Å². The number of hydrogen-bond acceptors (Lipinski definition) is 4. The van der Waals surface area contributed by atoms with E-state index in [1.54, 1.807) is 0 Å². The van der Waals surface area contributed by atoms with Crippen LogP contribution in [0.5, 0.6) is 0 Å². The molecule has 3 aromatic carbocycles. The molecular weight excluding hydrogens is 520 g/mol. The van der Waals surface area contributed by atoms with Crippen LogP contribution < -0.4 is 0 Å². The molecule has 0 saturated heterocycles. The fraction of sp³-hybridized carbons (Fsp3) is 0.281. The first-order chi connectivity index (χ1) is 18.5. The van der Waals surface area contributed by atoms with E-state index in [9.17, 15) is 0 Å². The van der Waals surface area contributed by atoms with Gasteiger partial charge in [-0.3, -0.25) is 9.56 Å². The lowest BCUT2D eigenvalue weighted by Crippen LogP contribution is -2.41. The molecule has 2 heterocycles. The van der Waals surface area contributed by atoms with Gasteiger partial charge in [-0.25, -0.2) is 0 Å². The van der Waals surface area contributed by atoms with Crippen LogP contribution >= 0.6 is 11.6 Å². The lowest BCUT2D eigenvalue weighted by Gasteiger charge is -2.36. The standard InChI is InChI=1S/C32H35ClN4OSi/c1-22-35-36-31-28(21-38-39(5,6)32(2,3)4)34-30(25-15-17-26(33)18-16-25)27-20-24(14-19-29(27)37(22)31)13-12-23-10-8-7-9-11-23/h7-20,28H,21H2,1-6H3/t28-/m0/s1. The van der Waals surface area contributed by atoms with Crippen molar-refractivity contribution in [1.29, 1.82) is 0 Å². The molecule has 5 nitrogen and oxygen atoms in total. The molecule has 5 rings (SSSR count). The second-order valence-corrected chi connectivity index (χ2v) is 16.8.